The van der Waals surface area contributed by atoms with Crippen molar-refractivity contribution in [3.8, 4) is 16.9 Å². The number of alkyl carbamates (subject to hydrolysis) is 1. The molecule has 0 radical (unpaired) electrons. The Bertz CT molecular complexity index is 1230. The van der Waals surface area contributed by atoms with Gasteiger partial charge in [0.05, 0.1) is 25.4 Å². The van der Waals surface area contributed by atoms with Crippen LogP contribution in [0, 0.1) is 11.3 Å². The van der Waals surface area contributed by atoms with Gasteiger partial charge in [-0.3, -0.25) is 9.58 Å². The third-order valence-electron chi connectivity index (χ3n) is 7.98. The summed E-state index contributed by atoms with van der Waals surface area (Å²) in [6.07, 6.45) is 5.85. The Morgan fingerprint density at radius 2 is 1.94 bits per heavy atom. The number of rotatable bonds is 5. The lowest BCUT2D eigenvalue weighted by Crippen LogP contribution is -2.53. The Kier molecular flexibility index (Phi) is 5.96. The summed E-state index contributed by atoms with van der Waals surface area (Å²) in [5.74, 6) is 1.29. The van der Waals surface area contributed by atoms with Crippen LogP contribution < -0.4 is 10.1 Å². The van der Waals surface area contributed by atoms with Crippen LogP contribution in [-0.2, 0) is 11.3 Å². The lowest BCUT2D eigenvalue weighted by Gasteiger charge is -2.44. The van der Waals surface area contributed by atoms with Gasteiger partial charge in [0.2, 0.25) is 0 Å². The molecule has 2 atom stereocenters. The maximum atomic E-state index is 13.0. The van der Waals surface area contributed by atoms with Crippen molar-refractivity contribution in [2.45, 2.75) is 45.4 Å². The molecule has 188 valence electrons. The molecular weight excluding hydrogens is 452 g/mol. The van der Waals surface area contributed by atoms with E-state index in [1.807, 2.05) is 29.1 Å². The van der Waals surface area contributed by atoms with Gasteiger partial charge < -0.3 is 14.8 Å². The van der Waals surface area contributed by atoms with Crippen LogP contribution in [0.4, 0.5) is 4.79 Å². The quantitative estimate of drug-likeness (QED) is 0.557. The van der Waals surface area contributed by atoms with Crippen molar-refractivity contribution in [2.24, 2.45) is 11.3 Å². The van der Waals surface area contributed by atoms with Crippen molar-refractivity contribution in [3.63, 3.8) is 0 Å². The zero-order valence-corrected chi connectivity index (χ0v) is 21.0. The Labute approximate surface area is 212 Å². The van der Waals surface area contributed by atoms with Crippen molar-refractivity contribution >= 4 is 6.09 Å². The van der Waals surface area contributed by atoms with Gasteiger partial charge in [-0.1, -0.05) is 56.3 Å². The summed E-state index contributed by atoms with van der Waals surface area (Å²) < 4.78 is 14.1. The molecule has 7 heteroatoms. The molecule has 5 heterocycles. The first kappa shape index (κ1) is 23.1. The number of hydrogen-bond acceptors (Lipinski definition) is 5. The fourth-order valence-corrected chi connectivity index (χ4v) is 5.82. The van der Waals surface area contributed by atoms with E-state index in [1.165, 1.54) is 5.56 Å². The van der Waals surface area contributed by atoms with E-state index in [9.17, 15) is 4.79 Å². The Hall–Kier alpha value is -3.32. The Morgan fingerprint density at radius 1 is 1.14 bits per heavy atom. The molecule has 1 amide bonds. The number of carbonyl (C=O) groups excluding carboxylic acids is 1. The zero-order chi connectivity index (χ0) is 24.7. The molecule has 0 aliphatic carbocycles. The Morgan fingerprint density at radius 3 is 2.69 bits per heavy atom. The normalized spacial score (nSPS) is 26.1. The Balaban J connectivity index is 1.18. The average Bonchev–Trinajstić information content (AvgIpc) is 3.35. The van der Waals surface area contributed by atoms with Crippen LogP contribution in [-0.4, -0.2) is 53.1 Å². The smallest absolute Gasteiger partial charge is 0.407 e. The van der Waals surface area contributed by atoms with Gasteiger partial charge in [-0.05, 0) is 49.0 Å². The van der Waals surface area contributed by atoms with Crippen molar-refractivity contribution in [3.05, 3.63) is 72.1 Å². The lowest BCUT2D eigenvalue weighted by atomic mass is 9.78. The van der Waals surface area contributed by atoms with Crippen molar-refractivity contribution in [1.82, 2.24) is 20.0 Å². The second-order valence-electron chi connectivity index (χ2n) is 11.1. The van der Waals surface area contributed by atoms with Crippen molar-refractivity contribution in [1.29, 1.82) is 0 Å². The van der Waals surface area contributed by atoms with Gasteiger partial charge in [-0.15, -0.1) is 0 Å². The highest BCUT2D eigenvalue weighted by Crippen LogP contribution is 2.44. The second-order valence-corrected chi connectivity index (χ2v) is 11.1. The number of ether oxygens (including phenoxy) is 2. The predicted molar refractivity (Wildman–Crippen MR) is 138 cm³/mol. The number of benzene rings is 2. The molecule has 2 bridgehead atoms. The summed E-state index contributed by atoms with van der Waals surface area (Å²) in [4.78, 5) is 15.4. The first-order chi connectivity index (χ1) is 17.4. The van der Waals surface area contributed by atoms with E-state index in [0.717, 1.165) is 61.5 Å². The number of nitrogens with zero attached hydrogens (tertiary/aromatic N) is 3. The minimum atomic E-state index is -0.328. The topological polar surface area (TPSA) is 68.6 Å². The molecule has 1 N–H and O–H groups in total. The van der Waals surface area contributed by atoms with Crippen LogP contribution in [0.15, 0.2) is 60.9 Å². The monoisotopic (exact) mass is 486 g/mol. The summed E-state index contributed by atoms with van der Waals surface area (Å²) in [5, 5.41) is 7.73. The summed E-state index contributed by atoms with van der Waals surface area (Å²) in [7, 11) is 0. The van der Waals surface area contributed by atoms with Crippen LogP contribution in [0.2, 0.25) is 0 Å². The molecule has 36 heavy (non-hydrogen) atoms. The number of hydrogen-bond donors (Lipinski definition) is 1. The van der Waals surface area contributed by atoms with E-state index in [-0.39, 0.29) is 23.7 Å². The third kappa shape index (κ3) is 4.60. The largest absolute Gasteiger partial charge is 0.493 e. The second kappa shape index (κ2) is 9.28. The molecule has 0 spiro atoms. The van der Waals surface area contributed by atoms with Crippen LogP contribution in [0.5, 0.6) is 5.75 Å². The van der Waals surface area contributed by atoms with E-state index >= 15 is 0 Å². The molecule has 3 fully saturated rings. The number of aromatic nitrogens is 2. The van der Waals surface area contributed by atoms with E-state index in [1.54, 1.807) is 0 Å². The highest BCUT2D eigenvalue weighted by molar-refractivity contribution is 5.70. The number of carbonyl (C=O) groups is 1. The number of amides is 1. The van der Waals surface area contributed by atoms with Gasteiger partial charge in [-0.25, -0.2) is 4.79 Å². The van der Waals surface area contributed by atoms with Crippen molar-refractivity contribution < 1.29 is 14.3 Å². The number of fused-ring (bicyclic) bond motifs is 4. The van der Waals surface area contributed by atoms with Gasteiger partial charge in [0.1, 0.15) is 11.9 Å². The summed E-state index contributed by atoms with van der Waals surface area (Å²) in [6, 6.07) is 16.3. The number of piperidine rings is 3. The summed E-state index contributed by atoms with van der Waals surface area (Å²) >= 11 is 0. The van der Waals surface area contributed by atoms with E-state index in [4.69, 9.17) is 9.47 Å². The fraction of sp³-hybridized carbons (Fsp3) is 0.448. The molecule has 7 rings (SSSR count). The SMILES string of the molecule is CC1(C)COc2cc(-c3cnn(Cc4ccccc4)c3)ccc2C1NC(=O)O[C@H]1CN2CCC1CC2. The van der Waals surface area contributed by atoms with Crippen LogP contribution >= 0.6 is 0 Å². The van der Waals surface area contributed by atoms with Crippen LogP contribution in [0.3, 0.4) is 0 Å². The lowest BCUT2D eigenvalue weighted by molar-refractivity contribution is -0.0361. The summed E-state index contributed by atoms with van der Waals surface area (Å²) in [6.45, 7) is 8.59. The molecule has 2 aromatic carbocycles. The zero-order valence-electron chi connectivity index (χ0n) is 21.0. The first-order valence-electron chi connectivity index (χ1n) is 13.0. The molecule has 7 nitrogen and oxygen atoms in total. The predicted octanol–water partition coefficient (Wildman–Crippen LogP) is 4.88. The van der Waals surface area contributed by atoms with Crippen LogP contribution in [0.1, 0.15) is 43.9 Å². The molecule has 1 aromatic heterocycles. The summed E-state index contributed by atoms with van der Waals surface area (Å²) in [5.41, 5.74) is 4.01. The van der Waals surface area contributed by atoms with Gasteiger partial charge in [0, 0.05) is 29.3 Å². The van der Waals surface area contributed by atoms with Gasteiger partial charge in [0.15, 0.2) is 0 Å². The van der Waals surface area contributed by atoms with Crippen LogP contribution in [0.25, 0.3) is 11.1 Å². The molecule has 3 aromatic rings. The molecular formula is C29H34N4O3. The van der Waals surface area contributed by atoms with Gasteiger partial charge in [0.25, 0.3) is 0 Å². The van der Waals surface area contributed by atoms with Gasteiger partial charge in [-0.2, -0.15) is 5.10 Å². The average molecular weight is 487 g/mol. The van der Waals surface area contributed by atoms with Gasteiger partial charge >= 0.3 is 6.09 Å². The molecule has 3 saturated heterocycles. The van der Waals surface area contributed by atoms with E-state index in [2.05, 4.69) is 65.7 Å². The molecule has 4 aliphatic heterocycles. The third-order valence-corrected chi connectivity index (χ3v) is 7.98. The van der Waals surface area contributed by atoms with Crippen molar-refractivity contribution in [2.75, 3.05) is 26.2 Å². The van der Waals surface area contributed by atoms with E-state index < -0.39 is 0 Å². The maximum absolute atomic E-state index is 13.0. The molecule has 4 aliphatic rings. The standard InChI is InChI=1S/C29H34N4O3/c1-29(2)19-35-25-14-22(23-15-30-33(17-23)16-20-6-4-3-5-7-20)8-9-24(25)27(29)31-28(34)36-26-18-32-12-10-21(26)11-13-32/h3-9,14-15,17,21,26-27H,10-13,16,18-19H2,1-2H3,(H,31,34)/t26-,27?/m0/s1. The number of nitrogens with one attached hydrogen (secondary N) is 1. The molecule has 0 saturated carbocycles. The minimum Gasteiger partial charge on any atom is -0.493 e. The fourth-order valence-electron chi connectivity index (χ4n) is 5.82. The highest BCUT2D eigenvalue weighted by Gasteiger charge is 2.41. The highest BCUT2D eigenvalue weighted by atomic mass is 16.6. The first-order valence-corrected chi connectivity index (χ1v) is 13.0. The minimum absolute atomic E-state index is 0.00952. The maximum Gasteiger partial charge on any atom is 0.407 e. The van der Waals surface area contributed by atoms with E-state index in [0.29, 0.717) is 12.5 Å². The molecule has 1 unspecified atom stereocenters.